The van der Waals surface area contributed by atoms with Crippen LogP contribution in [0.5, 0.6) is 0 Å². The molecule has 17 heavy (non-hydrogen) atoms. The summed E-state index contributed by atoms with van der Waals surface area (Å²) in [7, 11) is 0. The summed E-state index contributed by atoms with van der Waals surface area (Å²) in [5, 5.41) is 0. The van der Waals surface area contributed by atoms with E-state index in [4.69, 9.17) is 0 Å². The number of rotatable bonds is 1. The predicted octanol–water partition coefficient (Wildman–Crippen LogP) is 4.62. The number of benzene rings is 1. The van der Waals surface area contributed by atoms with Crippen molar-refractivity contribution < 1.29 is 0 Å². The summed E-state index contributed by atoms with van der Waals surface area (Å²) in [5.41, 5.74) is 1.61. The largest absolute Gasteiger partial charge is 0.0622 e. The lowest BCUT2D eigenvalue weighted by atomic mass is 9.66. The van der Waals surface area contributed by atoms with E-state index in [1.807, 2.05) is 0 Å². The van der Waals surface area contributed by atoms with Gasteiger partial charge in [0.2, 0.25) is 0 Å². The van der Waals surface area contributed by atoms with Crippen LogP contribution in [0.2, 0.25) is 0 Å². The smallest absolute Gasteiger partial charge is 0.0159 e. The molecule has 3 aliphatic carbocycles. The van der Waals surface area contributed by atoms with Crippen molar-refractivity contribution in [1.29, 1.82) is 0 Å². The fourth-order valence-corrected chi connectivity index (χ4v) is 5.21. The van der Waals surface area contributed by atoms with Gasteiger partial charge in [-0.2, -0.15) is 0 Å². The van der Waals surface area contributed by atoms with Gasteiger partial charge in [-0.25, -0.2) is 0 Å². The first-order valence-electron chi connectivity index (χ1n) is 7.47. The standard InChI is InChI=1S/C17H22/c1-2-4-12(5-3-1)13-8-9-16-14-6-7-15(10-14)17(16)11-13/h1-5,13-17H,6-11H2. The normalized spacial score (nSPS) is 43.6. The van der Waals surface area contributed by atoms with Gasteiger partial charge >= 0.3 is 0 Å². The second-order valence-corrected chi connectivity index (χ2v) is 6.58. The number of fused-ring (bicyclic) bond motifs is 5. The summed E-state index contributed by atoms with van der Waals surface area (Å²) in [6, 6.07) is 11.3. The van der Waals surface area contributed by atoms with Crippen LogP contribution < -0.4 is 0 Å². The Morgan fingerprint density at radius 2 is 1.47 bits per heavy atom. The molecule has 90 valence electrons. The van der Waals surface area contributed by atoms with Crippen molar-refractivity contribution in [2.45, 2.75) is 44.4 Å². The molecule has 0 heterocycles. The average molecular weight is 226 g/mol. The lowest BCUT2D eigenvalue weighted by Crippen LogP contribution is -2.28. The van der Waals surface area contributed by atoms with Crippen LogP contribution in [0.3, 0.4) is 0 Å². The minimum atomic E-state index is 0.872. The molecule has 0 aliphatic heterocycles. The molecule has 0 radical (unpaired) electrons. The third-order valence-electron chi connectivity index (χ3n) is 5.95. The summed E-state index contributed by atoms with van der Waals surface area (Å²) in [4.78, 5) is 0. The molecule has 5 atom stereocenters. The molecule has 3 fully saturated rings. The fraction of sp³-hybridized carbons (Fsp3) is 0.647. The highest BCUT2D eigenvalue weighted by molar-refractivity contribution is 5.21. The summed E-state index contributed by atoms with van der Waals surface area (Å²) in [6.45, 7) is 0. The van der Waals surface area contributed by atoms with Crippen molar-refractivity contribution in [3.8, 4) is 0 Å². The zero-order valence-electron chi connectivity index (χ0n) is 10.5. The molecule has 3 aliphatic rings. The van der Waals surface area contributed by atoms with E-state index in [0.717, 1.165) is 29.6 Å². The lowest BCUT2D eigenvalue weighted by molar-refractivity contribution is 0.144. The van der Waals surface area contributed by atoms with Crippen molar-refractivity contribution in [3.05, 3.63) is 35.9 Å². The van der Waals surface area contributed by atoms with Crippen LogP contribution in [-0.2, 0) is 0 Å². The van der Waals surface area contributed by atoms with Gasteiger partial charge in [0.25, 0.3) is 0 Å². The molecule has 5 unspecified atom stereocenters. The molecule has 0 saturated heterocycles. The Kier molecular flexibility index (Phi) is 2.31. The molecule has 3 saturated carbocycles. The van der Waals surface area contributed by atoms with Crippen LogP contribution in [0.4, 0.5) is 0 Å². The Morgan fingerprint density at radius 1 is 0.706 bits per heavy atom. The van der Waals surface area contributed by atoms with Gasteiger partial charge in [0, 0.05) is 0 Å². The molecular formula is C17H22. The maximum atomic E-state index is 2.35. The van der Waals surface area contributed by atoms with Gasteiger partial charge in [-0.1, -0.05) is 30.3 Å². The third-order valence-corrected chi connectivity index (χ3v) is 5.95. The highest BCUT2D eigenvalue weighted by Crippen LogP contribution is 2.59. The molecule has 1 aromatic rings. The first-order valence-corrected chi connectivity index (χ1v) is 7.47. The summed E-state index contributed by atoms with van der Waals surface area (Å²) >= 11 is 0. The molecule has 0 nitrogen and oxygen atoms in total. The van der Waals surface area contributed by atoms with Gasteiger partial charge in [0.05, 0.1) is 0 Å². The van der Waals surface area contributed by atoms with Gasteiger partial charge in [0.1, 0.15) is 0 Å². The summed E-state index contributed by atoms with van der Waals surface area (Å²) in [6.07, 6.45) is 9.15. The fourth-order valence-electron chi connectivity index (χ4n) is 5.21. The van der Waals surface area contributed by atoms with E-state index >= 15 is 0 Å². The zero-order valence-corrected chi connectivity index (χ0v) is 10.5. The van der Waals surface area contributed by atoms with Gasteiger partial charge in [-0.05, 0) is 73.7 Å². The molecular weight excluding hydrogens is 204 g/mol. The first kappa shape index (κ1) is 10.2. The molecule has 0 heteroatoms. The predicted molar refractivity (Wildman–Crippen MR) is 70.8 cm³/mol. The molecule has 2 bridgehead atoms. The monoisotopic (exact) mass is 226 g/mol. The van der Waals surface area contributed by atoms with Crippen LogP contribution >= 0.6 is 0 Å². The second-order valence-electron chi connectivity index (χ2n) is 6.58. The number of hydrogen-bond donors (Lipinski definition) is 0. The quantitative estimate of drug-likeness (QED) is 0.655. The van der Waals surface area contributed by atoms with Crippen LogP contribution in [0, 0.1) is 23.7 Å². The van der Waals surface area contributed by atoms with E-state index in [-0.39, 0.29) is 0 Å². The van der Waals surface area contributed by atoms with E-state index in [1.165, 1.54) is 19.3 Å². The molecule has 0 spiro atoms. The van der Waals surface area contributed by atoms with Crippen LogP contribution in [0.15, 0.2) is 30.3 Å². The van der Waals surface area contributed by atoms with E-state index in [9.17, 15) is 0 Å². The highest BCUT2D eigenvalue weighted by atomic mass is 14.5. The van der Waals surface area contributed by atoms with Gasteiger partial charge < -0.3 is 0 Å². The van der Waals surface area contributed by atoms with E-state index in [0.29, 0.717) is 0 Å². The highest BCUT2D eigenvalue weighted by Gasteiger charge is 2.49. The maximum Gasteiger partial charge on any atom is -0.0159 e. The SMILES string of the molecule is c1ccc(C2CCC3C4CCC(C4)C3C2)cc1. The Labute approximate surface area is 104 Å². The van der Waals surface area contributed by atoms with Gasteiger partial charge in [-0.3, -0.25) is 0 Å². The topological polar surface area (TPSA) is 0 Å². The van der Waals surface area contributed by atoms with E-state index < -0.39 is 0 Å². The summed E-state index contributed by atoms with van der Waals surface area (Å²) < 4.78 is 0. The summed E-state index contributed by atoms with van der Waals surface area (Å²) in [5.74, 6) is 5.32. The van der Waals surface area contributed by atoms with Crippen molar-refractivity contribution in [3.63, 3.8) is 0 Å². The molecule has 0 aromatic heterocycles. The third kappa shape index (κ3) is 1.57. The lowest BCUT2D eigenvalue weighted by Gasteiger charge is -2.39. The van der Waals surface area contributed by atoms with Gasteiger partial charge in [0.15, 0.2) is 0 Å². The average Bonchev–Trinajstić information content (AvgIpc) is 3.01. The Morgan fingerprint density at radius 3 is 2.29 bits per heavy atom. The van der Waals surface area contributed by atoms with Crippen LogP contribution in [0.1, 0.15) is 50.0 Å². The molecule has 4 rings (SSSR count). The van der Waals surface area contributed by atoms with Gasteiger partial charge in [-0.15, -0.1) is 0 Å². The van der Waals surface area contributed by atoms with E-state index in [2.05, 4.69) is 30.3 Å². The Bertz CT molecular complexity index is 394. The van der Waals surface area contributed by atoms with Crippen molar-refractivity contribution in [2.75, 3.05) is 0 Å². The van der Waals surface area contributed by atoms with Crippen LogP contribution in [0.25, 0.3) is 0 Å². The van der Waals surface area contributed by atoms with Crippen molar-refractivity contribution in [2.24, 2.45) is 23.7 Å². The van der Waals surface area contributed by atoms with Crippen LogP contribution in [-0.4, -0.2) is 0 Å². The number of hydrogen-bond acceptors (Lipinski definition) is 0. The Hall–Kier alpha value is -0.780. The minimum Gasteiger partial charge on any atom is -0.0622 e. The van der Waals surface area contributed by atoms with E-state index in [1.54, 1.807) is 24.8 Å². The molecule has 0 amide bonds. The molecule has 1 aromatic carbocycles. The Balaban J connectivity index is 1.55. The maximum absolute atomic E-state index is 2.35. The second kappa shape index (κ2) is 3.86. The van der Waals surface area contributed by atoms with Crippen molar-refractivity contribution >= 4 is 0 Å². The minimum absolute atomic E-state index is 0.872. The van der Waals surface area contributed by atoms with Crippen molar-refractivity contribution in [1.82, 2.24) is 0 Å². The first-order chi connectivity index (χ1) is 8.42. The zero-order chi connectivity index (χ0) is 11.2. The molecule has 0 N–H and O–H groups in total.